The van der Waals surface area contributed by atoms with Gasteiger partial charge in [0, 0.05) is 6.54 Å². The van der Waals surface area contributed by atoms with E-state index in [2.05, 4.69) is 5.32 Å². The number of hydrogen-bond acceptors (Lipinski definition) is 4. The number of fused-ring (bicyclic) bond motifs is 1. The maximum atomic E-state index is 13.5. The summed E-state index contributed by atoms with van der Waals surface area (Å²) in [6, 6.07) is 3.64. The van der Waals surface area contributed by atoms with Crippen molar-refractivity contribution >= 4 is 23.2 Å². The van der Waals surface area contributed by atoms with Gasteiger partial charge in [0.05, 0.1) is 30.9 Å². The molecule has 0 spiro atoms. The Morgan fingerprint density at radius 1 is 1.42 bits per heavy atom. The Morgan fingerprint density at radius 3 is 2.71 bits per heavy atom. The second kappa shape index (κ2) is 7.18. The van der Waals surface area contributed by atoms with Gasteiger partial charge in [-0.2, -0.15) is 13.2 Å². The molecular weight excluding hydrogens is 327 g/mol. The van der Waals surface area contributed by atoms with Crippen molar-refractivity contribution in [2.24, 2.45) is 0 Å². The number of alkyl halides is 3. The van der Waals surface area contributed by atoms with Crippen LogP contribution in [0.1, 0.15) is 6.42 Å². The number of anilines is 2. The third-order valence-electron chi connectivity index (χ3n) is 3.66. The van der Waals surface area contributed by atoms with Crippen LogP contribution in [0.3, 0.4) is 0 Å². The molecule has 0 saturated carbocycles. The lowest BCUT2D eigenvalue weighted by molar-refractivity contribution is -0.158. The number of halogens is 3. The Kier molecular flexibility index (Phi) is 5.45. The lowest BCUT2D eigenvalue weighted by Crippen LogP contribution is -2.52. The summed E-state index contributed by atoms with van der Waals surface area (Å²) in [5.41, 5.74) is 0.167. The van der Waals surface area contributed by atoms with Crippen molar-refractivity contribution in [2.75, 3.05) is 37.0 Å². The van der Waals surface area contributed by atoms with Crippen LogP contribution < -0.4 is 10.2 Å². The highest BCUT2D eigenvalue weighted by molar-refractivity contribution is 6.05. The summed E-state index contributed by atoms with van der Waals surface area (Å²) in [5, 5.41) is 11.3. The van der Waals surface area contributed by atoms with Gasteiger partial charge >= 0.3 is 6.18 Å². The average molecular weight is 345 g/mol. The SMILES string of the molecule is CN(CCO)CC(=O)N1c2ccccc2NC(=O)C[C@H]1C(F)(F)F. The number of hydrogen-bond donors (Lipinski definition) is 2. The summed E-state index contributed by atoms with van der Waals surface area (Å²) in [6.45, 7) is -0.381. The van der Waals surface area contributed by atoms with Gasteiger partial charge in [0.25, 0.3) is 0 Å². The number of nitrogens with one attached hydrogen (secondary N) is 1. The van der Waals surface area contributed by atoms with Crippen LogP contribution in [0.4, 0.5) is 24.5 Å². The molecule has 0 fully saturated rings. The highest BCUT2D eigenvalue weighted by Crippen LogP contribution is 2.37. The van der Waals surface area contributed by atoms with Gasteiger partial charge in [-0.05, 0) is 19.2 Å². The molecule has 0 unspecified atom stereocenters. The van der Waals surface area contributed by atoms with E-state index in [1.165, 1.54) is 30.1 Å². The standard InChI is InChI=1S/C15H18F3N3O3/c1-20(6-7-22)9-14(24)21-11-5-3-2-4-10(11)19-13(23)8-12(21)15(16,17)18/h2-5,12,22H,6-9H2,1H3,(H,19,23)/t12-/m0/s1. The van der Waals surface area contributed by atoms with Gasteiger partial charge in [-0.1, -0.05) is 12.1 Å². The fraction of sp³-hybridized carbons (Fsp3) is 0.467. The third-order valence-corrected chi connectivity index (χ3v) is 3.66. The molecule has 24 heavy (non-hydrogen) atoms. The normalized spacial score (nSPS) is 18.2. The van der Waals surface area contributed by atoms with E-state index in [1.807, 2.05) is 0 Å². The van der Waals surface area contributed by atoms with Crippen LogP contribution in [0.25, 0.3) is 0 Å². The second-order valence-electron chi connectivity index (χ2n) is 5.55. The summed E-state index contributed by atoms with van der Waals surface area (Å²) in [5.74, 6) is -1.60. The summed E-state index contributed by atoms with van der Waals surface area (Å²) >= 11 is 0. The molecule has 6 nitrogen and oxygen atoms in total. The van der Waals surface area contributed by atoms with Gasteiger partial charge in [0.2, 0.25) is 11.8 Å². The molecular formula is C15H18F3N3O3. The summed E-state index contributed by atoms with van der Waals surface area (Å²) in [6.07, 6.45) is -5.62. The summed E-state index contributed by atoms with van der Waals surface area (Å²) in [7, 11) is 1.52. The Labute approximate surface area is 136 Å². The van der Waals surface area contributed by atoms with Crippen molar-refractivity contribution in [2.45, 2.75) is 18.6 Å². The number of benzene rings is 1. The summed E-state index contributed by atoms with van der Waals surface area (Å²) in [4.78, 5) is 26.4. The summed E-state index contributed by atoms with van der Waals surface area (Å²) < 4.78 is 40.4. The first-order valence-corrected chi connectivity index (χ1v) is 7.31. The van der Waals surface area contributed by atoms with Crippen molar-refractivity contribution < 1.29 is 27.9 Å². The topological polar surface area (TPSA) is 72.9 Å². The van der Waals surface area contributed by atoms with Crippen molar-refractivity contribution in [1.29, 1.82) is 0 Å². The second-order valence-corrected chi connectivity index (χ2v) is 5.55. The van der Waals surface area contributed by atoms with Gasteiger partial charge in [-0.15, -0.1) is 0 Å². The lowest BCUT2D eigenvalue weighted by Gasteiger charge is -2.32. The number of carbonyl (C=O) groups is 2. The van der Waals surface area contributed by atoms with E-state index in [9.17, 15) is 22.8 Å². The van der Waals surface area contributed by atoms with Crippen LogP contribution in [0.2, 0.25) is 0 Å². The van der Waals surface area contributed by atoms with Crippen molar-refractivity contribution in [3.8, 4) is 0 Å². The zero-order chi connectivity index (χ0) is 17.9. The number of aliphatic hydroxyl groups is 1. The van der Waals surface area contributed by atoms with Crippen LogP contribution in [-0.2, 0) is 9.59 Å². The van der Waals surface area contributed by atoms with E-state index in [1.54, 1.807) is 6.07 Å². The zero-order valence-electron chi connectivity index (χ0n) is 13.0. The number of carbonyl (C=O) groups excluding carboxylic acids is 2. The molecule has 132 valence electrons. The zero-order valence-corrected chi connectivity index (χ0v) is 13.0. The molecule has 1 atom stereocenters. The Bertz CT molecular complexity index is 621. The third kappa shape index (κ3) is 4.04. The van der Waals surface area contributed by atoms with Crippen molar-refractivity contribution in [1.82, 2.24) is 4.90 Å². The minimum Gasteiger partial charge on any atom is -0.395 e. The molecule has 1 heterocycles. The molecule has 0 saturated heterocycles. The Balaban J connectivity index is 2.44. The predicted octanol–water partition coefficient (Wildman–Crippen LogP) is 1.22. The molecule has 0 aliphatic carbocycles. The number of para-hydroxylation sites is 2. The molecule has 1 aliphatic rings. The maximum absolute atomic E-state index is 13.5. The quantitative estimate of drug-likeness (QED) is 0.861. The molecule has 1 aliphatic heterocycles. The molecule has 2 N–H and O–H groups in total. The minimum atomic E-state index is -4.75. The van der Waals surface area contributed by atoms with E-state index < -0.39 is 30.5 Å². The van der Waals surface area contributed by atoms with E-state index in [4.69, 9.17) is 5.11 Å². The smallest absolute Gasteiger partial charge is 0.395 e. The lowest BCUT2D eigenvalue weighted by atomic mass is 10.1. The van der Waals surface area contributed by atoms with Crippen molar-refractivity contribution in [3.05, 3.63) is 24.3 Å². The highest BCUT2D eigenvalue weighted by atomic mass is 19.4. The molecule has 1 aromatic carbocycles. The first-order chi connectivity index (χ1) is 11.2. The molecule has 0 bridgehead atoms. The fourth-order valence-corrected chi connectivity index (χ4v) is 2.55. The van der Waals surface area contributed by atoms with Gasteiger partial charge in [0.1, 0.15) is 6.04 Å². The number of nitrogens with zero attached hydrogens (tertiary/aromatic N) is 2. The minimum absolute atomic E-state index is 0.00748. The van der Waals surface area contributed by atoms with E-state index in [0.717, 1.165) is 0 Å². The van der Waals surface area contributed by atoms with E-state index in [-0.39, 0.29) is 31.1 Å². The molecule has 1 aromatic rings. The van der Waals surface area contributed by atoms with Gasteiger partial charge in [-0.3, -0.25) is 19.4 Å². The van der Waals surface area contributed by atoms with E-state index in [0.29, 0.717) is 4.90 Å². The van der Waals surface area contributed by atoms with Crippen molar-refractivity contribution in [3.63, 3.8) is 0 Å². The molecule has 0 radical (unpaired) electrons. The van der Waals surface area contributed by atoms with Gasteiger partial charge in [0.15, 0.2) is 0 Å². The Hall–Kier alpha value is -2.13. The molecule has 9 heteroatoms. The maximum Gasteiger partial charge on any atom is 0.409 e. The molecule has 2 amide bonds. The monoisotopic (exact) mass is 345 g/mol. The van der Waals surface area contributed by atoms with Crippen LogP contribution in [0.5, 0.6) is 0 Å². The largest absolute Gasteiger partial charge is 0.409 e. The van der Waals surface area contributed by atoms with Crippen LogP contribution >= 0.6 is 0 Å². The van der Waals surface area contributed by atoms with Crippen LogP contribution in [0.15, 0.2) is 24.3 Å². The number of aliphatic hydroxyl groups excluding tert-OH is 1. The van der Waals surface area contributed by atoms with Gasteiger partial charge < -0.3 is 10.4 Å². The van der Waals surface area contributed by atoms with Crippen LogP contribution in [0, 0.1) is 0 Å². The highest BCUT2D eigenvalue weighted by Gasteiger charge is 2.48. The predicted molar refractivity (Wildman–Crippen MR) is 81.6 cm³/mol. The molecule has 2 rings (SSSR count). The first kappa shape index (κ1) is 18.2. The fourth-order valence-electron chi connectivity index (χ4n) is 2.55. The average Bonchev–Trinajstić information content (AvgIpc) is 2.62. The van der Waals surface area contributed by atoms with E-state index >= 15 is 0 Å². The Morgan fingerprint density at radius 2 is 2.08 bits per heavy atom. The number of amides is 2. The number of rotatable bonds is 4. The van der Waals surface area contributed by atoms with Gasteiger partial charge in [-0.25, -0.2) is 0 Å². The number of likely N-dealkylation sites (N-methyl/N-ethyl adjacent to an activating group) is 1. The molecule has 0 aromatic heterocycles. The van der Waals surface area contributed by atoms with Crippen LogP contribution in [-0.4, -0.2) is 60.8 Å². The first-order valence-electron chi connectivity index (χ1n) is 7.31.